The van der Waals surface area contributed by atoms with Crippen molar-refractivity contribution in [1.29, 1.82) is 0 Å². The van der Waals surface area contributed by atoms with E-state index in [4.69, 9.17) is 0 Å². The first-order chi connectivity index (χ1) is 24.8. The molecule has 50 heavy (non-hydrogen) atoms. The lowest BCUT2D eigenvalue weighted by Crippen LogP contribution is -2.03. The van der Waals surface area contributed by atoms with Crippen LogP contribution in [-0.4, -0.2) is 9.13 Å². The highest BCUT2D eigenvalue weighted by Gasteiger charge is 2.20. The summed E-state index contributed by atoms with van der Waals surface area (Å²) in [6, 6.07) is 62.0. The quantitative estimate of drug-likeness (QED) is 0.178. The summed E-state index contributed by atoms with van der Waals surface area (Å²) in [5, 5.41) is 3.85. The first-order valence-corrected chi connectivity index (χ1v) is 17.5. The van der Waals surface area contributed by atoms with Crippen molar-refractivity contribution < 1.29 is 0 Å². The van der Waals surface area contributed by atoms with Crippen LogP contribution >= 0.6 is 0 Å². The number of hydrogen-bond acceptors (Lipinski definition) is 0. The molecule has 0 N–H and O–H groups in total. The summed E-state index contributed by atoms with van der Waals surface area (Å²) in [6.45, 7) is 0. The minimum atomic E-state index is 1.04. The van der Waals surface area contributed by atoms with E-state index in [0.29, 0.717) is 0 Å². The fourth-order valence-electron chi connectivity index (χ4n) is 8.01. The van der Waals surface area contributed by atoms with Gasteiger partial charge in [0, 0.05) is 38.8 Å². The van der Waals surface area contributed by atoms with Crippen LogP contribution in [0, 0.1) is 0 Å². The lowest BCUT2D eigenvalue weighted by molar-refractivity contribution is 0.889. The molecule has 2 aromatic heterocycles. The molecule has 0 atom stereocenters. The van der Waals surface area contributed by atoms with E-state index in [2.05, 4.69) is 191 Å². The summed E-state index contributed by atoms with van der Waals surface area (Å²) < 4.78 is 4.87. The fraction of sp³-hybridized carbons (Fsp3) is 0.0417. The van der Waals surface area contributed by atoms with Crippen LogP contribution in [0.5, 0.6) is 0 Å². The van der Waals surface area contributed by atoms with Crippen molar-refractivity contribution in [1.82, 2.24) is 9.13 Å². The van der Waals surface area contributed by atoms with Crippen molar-refractivity contribution in [3.05, 3.63) is 187 Å². The van der Waals surface area contributed by atoms with Crippen LogP contribution in [-0.2, 0) is 6.42 Å². The predicted molar refractivity (Wildman–Crippen MR) is 211 cm³/mol. The van der Waals surface area contributed by atoms with Crippen LogP contribution in [0.15, 0.2) is 176 Å². The van der Waals surface area contributed by atoms with Crippen molar-refractivity contribution in [3.8, 4) is 44.8 Å². The van der Waals surface area contributed by atoms with Gasteiger partial charge in [-0.3, -0.25) is 0 Å². The Bertz CT molecular complexity index is 2730. The molecule has 10 rings (SSSR count). The largest absolute Gasteiger partial charge is 0.313 e. The lowest BCUT2D eigenvalue weighted by atomic mass is 9.97. The molecular formula is C48H34N2. The minimum Gasteiger partial charge on any atom is -0.313 e. The molecule has 9 aromatic rings. The second-order valence-corrected chi connectivity index (χ2v) is 13.3. The number of benzene rings is 7. The molecule has 0 spiro atoms. The highest BCUT2D eigenvalue weighted by atomic mass is 15.0. The Kier molecular flexibility index (Phi) is 6.67. The van der Waals surface area contributed by atoms with Crippen LogP contribution in [0.25, 0.3) is 83.5 Å². The van der Waals surface area contributed by atoms with E-state index in [0.717, 1.165) is 12.8 Å². The number of allylic oxidation sites excluding steroid dienone is 1. The first kappa shape index (κ1) is 28.6. The van der Waals surface area contributed by atoms with Crippen molar-refractivity contribution >= 4 is 38.8 Å². The predicted octanol–water partition coefficient (Wildman–Crippen LogP) is 12.7. The standard InChI is InChI=1S/C48H34N2/c1-3-12-33(13-4-1)36-14-11-17-40(30-36)50-45-20-9-7-18-41(45)43-28-26-38(32-48(43)50)35-24-22-34(23-25-35)37-27-29-47-44(31-37)42-19-8-10-21-46(42)49(47)39-15-5-2-6-16-39/h1-8,10-19,21-32H,9,20H2. The van der Waals surface area contributed by atoms with Gasteiger partial charge in [-0.25, -0.2) is 0 Å². The van der Waals surface area contributed by atoms with Gasteiger partial charge in [-0.05, 0) is 94.8 Å². The smallest absolute Gasteiger partial charge is 0.0543 e. The SMILES string of the molecule is C1=Cc2c(n(-c3cccc(-c4ccccc4)c3)c3cc(-c4ccc(-c5ccc6c(c5)c5ccccc5n6-c5ccccc5)cc4)ccc23)CC1. The van der Waals surface area contributed by atoms with Crippen molar-refractivity contribution in [2.45, 2.75) is 12.8 Å². The minimum absolute atomic E-state index is 1.04. The molecule has 1 aliphatic carbocycles. The number of fused-ring (bicyclic) bond motifs is 6. The van der Waals surface area contributed by atoms with E-state index in [9.17, 15) is 0 Å². The van der Waals surface area contributed by atoms with Crippen molar-refractivity contribution in [2.75, 3.05) is 0 Å². The molecule has 0 saturated carbocycles. The van der Waals surface area contributed by atoms with Crippen LogP contribution in [0.2, 0.25) is 0 Å². The summed E-state index contributed by atoms with van der Waals surface area (Å²) in [7, 11) is 0. The van der Waals surface area contributed by atoms with E-state index in [1.54, 1.807) is 0 Å². The summed E-state index contributed by atoms with van der Waals surface area (Å²) in [5.74, 6) is 0. The highest BCUT2D eigenvalue weighted by Crippen LogP contribution is 2.39. The maximum Gasteiger partial charge on any atom is 0.0543 e. The number of aromatic nitrogens is 2. The van der Waals surface area contributed by atoms with Crippen LogP contribution < -0.4 is 0 Å². The zero-order valence-electron chi connectivity index (χ0n) is 27.6. The third-order valence-corrected chi connectivity index (χ3v) is 10.4. The van der Waals surface area contributed by atoms with Crippen LogP contribution in [0.1, 0.15) is 17.7 Å². The molecule has 0 bridgehead atoms. The molecule has 0 radical (unpaired) electrons. The first-order valence-electron chi connectivity index (χ1n) is 17.5. The maximum absolute atomic E-state index is 2.50. The van der Waals surface area contributed by atoms with Crippen LogP contribution in [0.4, 0.5) is 0 Å². The number of nitrogens with zero attached hydrogens (tertiary/aromatic N) is 2. The third kappa shape index (κ3) is 4.64. The van der Waals surface area contributed by atoms with Gasteiger partial charge in [-0.2, -0.15) is 0 Å². The molecule has 0 fully saturated rings. The second-order valence-electron chi connectivity index (χ2n) is 13.3. The van der Waals surface area contributed by atoms with Gasteiger partial charge in [0.15, 0.2) is 0 Å². The molecule has 0 aliphatic heterocycles. The van der Waals surface area contributed by atoms with Crippen LogP contribution in [0.3, 0.4) is 0 Å². The molecule has 236 valence electrons. The Morgan fingerprint density at radius 2 is 0.960 bits per heavy atom. The average Bonchev–Trinajstić information content (AvgIpc) is 3.71. The lowest BCUT2D eigenvalue weighted by Gasteiger charge is -2.15. The molecule has 1 aliphatic rings. The number of para-hydroxylation sites is 2. The molecular weight excluding hydrogens is 605 g/mol. The Morgan fingerprint density at radius 3 is 1.78 bits per heavy atom. The highest BCUT2D eigenvalue weighted by molar-refractivity contribution is 6.10. The monoisotopic (exact) mass is 638 g/mol. The van der Waals surface area contributed by atoms with E-state index in [-0.39, 0.29) is 0 Å². The molecule has 0 unspecified atom stereocenters. The average molecular weight is 639 g/mol. The van der Waals surface area contributed by atoms with Gasteiger partial charge in [0.2, 0.25) is 0 Å². The summed E-state index contributed by atoms with van der Waals surface area (Å²) in [5.41, 5.74) is 16.2. The molecule has 7 aromatic carbocycles. The van der Waals surface area contributed by atoms with Gasteiger partial charge in [0.1, 0.15) is 0 Å². The second kappa shape index (κ2) is 11.6. The summed E-state index contributed by atoms with van der Waals surface area (Å²) in [6.07, 6.45) is 6.74. The van der Waals surface area contributed by atoms with Gasteiger partial charge in [-0.15, -0.1) is 0 Å². The summed E-state index contributed by atoms with van der Waals surface area (Å²) in [4.78, 5) is 0. The van der Waals surface area contributed by atoms with Gasteiger partial charge in [-0.1, -0.05) is 133 Å². The Balaban J connectivity index is 1.05. The third-order valence-electron chi connectivity index (χ3n) is 10.4. The number of hydrogen-bond donors (Lipinski definition) is 0. The maximum atomic E-state index is 2.50. The molecule has 0 amide bonds. The van der Waals surface area contributed by atoms with E-state index < -0.39 is 0 Å². The molecule has 2 heterocycles. The summed E-state index contributed by atoms with van der Waals surface area (Å²) >= 11 is 0. The van der Waals surface area contributed by atoms with E-state index >= 15 is 0 Å². The number of rotatable bonds is 5. The fourth-order valence-corrected chi connectivity index (χ4v) is 8.01. The Hall–Kier alpha value is -6.38. The van der Waals surface area contributed by atoms with Crippen molar-refractivity contribution in [3.63, 3.8) is 0 Å². The molecule has 2 heteroatoms. The zero-order valence-corrected chi connectivity index (χ0v) is 27.6. The van der Waals surface area contributed by atoms with Gasteiger partial charge < -0.3 is 9.13 Å². The Labute approximate surface area is 291 Å². The van der Waals surface area contributed by atoms with E-state index in [1.165, 1.54) is 88.7 Å². The van der Waals surface area contributed by atoms with Gasteiger partial charge in [0.25, 0.3) is 0 Å². The zero-order chi connectivity index (χ0) is 33.0. The van der Waals surface area contributed by atoms with E-state index in [1.807, 2.05) is 0 Å². The molecule has 2 nitrogen and oxygen atoms in total. The topological polar surface area (TPSA) is 9.86 Å². The van der Waals surface area contributed by atoms with Gasteiger partial charge >= 0.3 is 0 Å². The van der Waals surface area contributed by atoms with Gasteiger partial charge in [0.05, 0.1) is 16.6 Å². The van der Waals surface area contributed by atoms with Crippen molar-refractivity contribution in [2.24, 2.45) is 0 Å². The molecule has 0 saturated heterocycles. The Morgan fingerprint density at radius 1 is 0.360 bits per heavy atom. The normalized spacial score (nSPS) is 12.6.